The SMILES string of the molecule is O=C(Cc1ccccc1Cl)N=C1S[C@H]2CS(=O)(=O)C[C@@H]2N1c1ccccc1Cl. The molecule has 0 N–H and O–H groups in total. The molecule has 5 nitrogen and oxygen atoms in total. The number of benzene rings is 2. The van der Waals surface area contributed by atoms with Gasteiger partial charge >= 0.3 is 0 Å². The predicted molar refractivity (Wildman–Crippen MR) is 115 cm³/mol. The van der Waals surface area contributed by atoms with Gasteiger partial charge in [-0.3, -0.25) is 4.79 Å². The van der Waals surface area contributed by atoms with Gasteiger partial charge in [0.25, 0.3) is 5.91 Å². The van der Waals surface area contributed by atoms with E-state index in [9.17, 15) is 13.2 Å². The van der Waals surface area contributed by atoms with Gasteiger partial charge in [0.05, 0.1) is 34.7 Å². The lowest BCUT2D eigenvalue weighted by Gasteiger charge is -2.25. The molecule has 0 aliphatic carbocycles. The summed E-state index contributed by atoms with van der Waals surface area (Å²) in [7, 11) is -3.13. The molecular weight excluding hydrogens is 439 g/mol. The third kappa shape index (κ3) is 3.94. The maximum absolute atomic E-state index is 12.6. The molecule has 146 valence electrons. The Morgan fingerprint density at radius 1 is 1.07 bits per heavy atom. The molecular formula is C19H16Cl2N2O3S2. The van der Waals surface area contributed by atoms with Crippen molar-refractivity contribution in [3.05, 3.63) is 64.1 Å². The van der Waals surface area contributed by atoms with Gasteiger partial charge < -0.3 is 4.90 Å². The second kappa shape index (κ2) is 7.71. The number of amides is 1. The number of nitrogens with zero attached hydrogens (tertiary/aromatic N) is 2. The molecule has 28 heavy (non-hydrogen) atoms. The van der Waals surface area contributed by atoms with Crippen LogP contribution in [0.5, 0.6) is 0 Å². The normalized spacial score (nSPS) is 24.5. The van der Waals surface area contributed by atoms with Crippen molar-refractivity contribution < 1.29 is 13.2 Å². The molecule has 2 aromatic carbocycles. The molecule has 1 amide bonds. The second-order valence-corrected chi connectivity index (χ2v) is 10.9. The fourth-order valence-corrected chi connectivity index (χ4v) is 7.80. The van der Waals surface area contributed by atoms with Crippen molar-refractivity contribution >= 4 is 61.6 Å². The number of carbonyl (C=O) groups is 1. The fourth-order valence-electron chi connectivity index (χ4n) is 3.44. The Morgan fingerprint density at radius 3 is 2.46 bits per heavy atom. The average molecular weight is 455 g/mol. The Kier molecular flexibility index (Phi) is 5.44. The van der Waals surface area contributed by atoms with Gasteiger partial charge in [0, 0.05) is 10.3 Å². The minimum atomic E-state index is -3.13. The van der Waals surface area contributed by atoms with Crippen molar-refractivity contribution in [2.75, 3.05) is 16.4 Å². The van der Waals surface area contributed by atoms with Crippen LogP contribution in [0.25, 0.3) is 0 Å². The third-order valence-electron chi connectivity index (χ3n) is 4.70. The second-order valence-electron chi connectivity index (χ2n) is 6.68. The summed E-state index contributed by atoms with van der Waals surface area (Å²) in [5.41, 5.74) is 1.36. The monoisotopic (exact) mass is 454 g/mol. The molecule has 0 unspecified atom stereocenters. The van der Waals surface area contributed by atoms with Gasteiger partial charge in [-0.2, -0.15) is 4.99 Å². The average Bonchev–Trinajstić information content (AvgIpc) is 3.08. The van der Waals surface area contributed by atoms with Gasteiger partial charge in [0.2, 0.25) is 0 Å². The number of para-hydroxylation sites is 1. The van der Waals surface area contributed by atoms with Crippen molar-refractivity contribution in [3.63, 3.8) is 0 Å². The van der Waals surface area contributed by atoms with Crippen molar-refractivity contribution in [2.45, 2.75) is 17.7 Å². The molecule has 4 rings (SSSR count). The number of hydrogen-bond acceptors (Lipinski definition) is 4. The minimum Gasteiger partial charge on any atom is -0.314 e. The highest BCUT2D eigenvalue weighted by atomic mass is 35.5. The number of aliphatic imine (C=N–C) groups is 1. The predicted octanol–water partition coefficient (Wildman–Crippen LogP) is 3.84. The molecule has 0 radical (unpaired) electrons. The van der Waals surface area contributed by atoms with Crippen LogP contribution in [0.3, 0.4) is 0 Å². The number of thioether (sulfide) groups is 1. The summed E-state index contributed by atoms with van der Waals surface area (Å²) >= 11 is 13.8. The van der Waals surface area contributed by atoms with Gasteiger partial charge in [-0.1, -0.05) is 65.3 Å². The van der Waals surface area contributed by atoms with Gasteiger partial charge in [0.1, 0.15) is 0 Å². The molecule has 0 aromatic heterocycles. The van der Waals surface area contributed by atoms with Crippen LogP contribution < -0.4 is 4.90 Å². The number of hydrogen-bond donors (Lipinski definition) is 0. The van der Waals surface area contributed by atoms with E-state index in [4.69, 9.17) is 23.2 Å². The lowest BCUT2D eigenvalue weighted by atomic mass is 10.1. The molecule has 2 saturated heterocycles. The lowest BCUT2D eigenvalue weighted by Crippen LogP contribution is -2.38. The van der Waals surface area contributed by atoms with E-state index in [1.807, 2.05) is 18.2 Å². The summed E-state index contributed by atoms with van der Waals surface area (Å²) in [6, 6.07) is 14.0. The molecule has 2 heterocycles. The van der Waals surface area contributed by atoms with E-state index in [-0.39, 0.29) is 35.1 Å². The van der Waals surface area contributed by atoms with Gasteiger partial charge in [-0.05, 0) is 23.8 Å². The molecule has 0 saturated carbocycles. The van der Waals surface area contributed by atoms with Crippen LogP contribution in [0.4, 0.5) is 5.69 Å². The highest BCUT2D eigenvalue weighted by Crippen LogP contribution is 2.43. The Hall–Kier alpha value is -1.54. The Balaban J connectivity index is 1.67. The molecule has 2 aliphatic rings. The number of halogens is 2. The molecule has 2 aliphatic heterocycles. The molecule has 2 aromatic rings. The first kappa shape index (κ1) is 19.8. The van der Waals surface area contributed by atoms with Crippen LogP contribution in [0, 0.1) is 0 Å². The number of rotatable bonds is 3. The molecule has 9 heteroatoms. The highest BCUT2D eigenvalue weighted by Gasteiger charge is 2.49. The largest absolute Gasteiger partial charge is 0.314 e. The van der Waals surface area contributed by atoms with Crippen LogP contribution in [0.1, 0.15) is 5.56 Å². The molecule has 2 atom stereocenters. The number of anilines is 1. The van der Waals surface area contributed by atoms with E-state index in [1.54, 1.807) is 35.2 Å². The number of amidine groups is 1. The maximum atomic E-state index is 12.6. The number of carbonyl (C=O) groups excluding carboxylic acids is 1. The topological polar surface area (TPSA) is 66.8 Å². The summed E-state index contributed by atoms with van der Waals surface area (Å²) < 4.78 is 24.2. The molecule has 2 fully saturated rings. The Labute approximate surface area is 177 Å². The van der Waals surface area contributed by atoms with Crippen LogP contribution in [0.15, 0.2) is 53.5 Å². The van der Waals surface area contributed by atoms with Crippen molar-refractivity contribution in [2.24, 2.45) is 4.99 Å². The summed E-state index contributed by atoms with van der Waals surface area (Å²) in [6.45, 7) is 0. The van der Waals surface area contributed by atoms with E-state index in [0.717, 1.165) is 0 Å². The molecule has 0 spiro atoms. The molecule has 0 bridgehead atoms. The van der Waals surface area contributed by atoms with Crippen molar-refractivity contribution in [1.82, 2.24) is 0 Å². The minimum absolute atomic E-state index is 0.0214. The van der Waals surface area contributed by atoms with Gasteiger partial charge in [0.15, 0.2) is 15.0 Å². The quantitative estimate of drug-likeness (QED) is 0.704. The summed E-state index contributed by atoms with van der Waals surface area (Å²) in [4.78, 5) is 18.7. The van der Waals surface area contributed by atoms with Crippen LogP contribution >= 0.6 is 35.0 Å². The summed E-state index contributed by atoms with van der Waals surface area (Å²) in [5.74, 6) is -0.246. The zero-order chi connectivity index (χ0) is 19.9. The first-order chi connectivity index (χ1) is 13.3. The van der Waals surface area contributed by atoms with E-state index in [0.29, 0.717) is 26.5 Å². The zero-order valence-corrected chi connectivity index (χ0v) is 17.7. The van der Waals surface area contributed by atoms with Crippen LogP contribution in [0.2, 0.25) is 10.0 Å². The fraction of sp³-hybridized carbons (Fsp3) is 0.263. The Morgan fingerprint density at radius 2 is 1.75 bits per heavy atom. The highest BCUT2D eigenvalue weighted by molar-refractivity contribution is 8.16. The Bertz CT molecular complexity index is 1070. The van der Waals surface area contributed by atoms with Gasteiger partial charge in [-0.15, -0.1) is 0 Å². The zero-order valence-electron chi connectivity index (χ0n) is 14.6. The van der Waals surface area contributed by atoms with Crippen molar-refractivity contribution in [1.29, 1.82) is 0 Å². The number of sulfone groups is 1. The standard InChI is InChI=1S/C19H16Cl2N2O3S2/c20-13-6-2-1-5-12(13)9-18(24)22-19-23(15-8-4-3-7-14(15)21)16-10-28(25,26)11-17(16)27-19/h1-8,16-17H,9-11H2/t16-,17-/m0/s1. The summed E-state index contributed by atoms with van der Waals surface area (Å²) in [6.07, 6.45) is 0.0771. The smallest absolute Gasteiger partial charge is 0.252 e. The van der Waals surface area contributed by atoms with E-state index in [1.165, 1.54) is 11.8 Å². The van der Waals surface area contributed by atoms with Crippen LogP contribution in [-0.4, -0.2) is 42.3 Å². The third-order valence-corrected chi connectivity index (χ3v) is 8.60. The van der Waals surface area contributed by atoms with Gasteiger partial charge in [-0.25, -0.2) is 8.42 Å². The van der Waals surface area contributed by atoms with Crippen LogP contribution in [-0.2, 0) is 21.1 Å². The maximum Gasteiger partial charge on any atom is 0.252 e. The summed E-state index contributed by atoms with van der Waals surface area (Å²) in [5, 5.41) is 1.31. The first-order valence-corrected chi connectivity index (χ1v) is 12.1. The first-order valence-electron chi connectivity index (χ1n) is 8.60. The van der Waals surface area contributed by atoms with E-state index >= 15 is 0 Å². The lowest BCUT2D eigenvalue weighted by molar-refractivity contribution is -0.117. The van der Waals surface area contributed by atoms with Crippen molar-refractivity contribution in [3.8, 4) is 0 Å². The number of fused-ring (bicyclic) bond motifs is 1. The van der Waals surface area contributed by atoms with E-state index in [2.05, 4.69) is 4.99 Å². The van der Waals surface area contributed by atoms with E-state index < -0.39 is 9.84 Å².